The van der Waals surface area contributed by atoms with E-state index in [0.717, 1.165) is 0 Å². The SMILES string of the molecule is O=C1CCN=c2ccc3c(c2)Oc2cc(ccc2C=3c2ccccc2C(=O)O)NCCC(=O)NC(CS(=O)(=O)O)C(=O)NC(CS(=O)(=O)O)C(=O)NC(CS(=O)(=O)O)C(=O)NCCN1. The van der Waals surface area contributed by atoms with Crippen LogP contribution in [0, 0.1) is 0 Å². The first-order valence-electron chi connectivity index (χ1n) is 18.8. The smallest absolute Gasteiger partial charge is 0.336 e. The van der Waals surface area contributed by atoms with Gasteiger partial charge in [0.05, 0.1) is 10.9 Å². The predicted octanol–water partition coefficient (Wildman–Crippen LogP) is -3.09. The van der Waals surface area contributed by atoms with Gasteiger partial charge in [-0.25, -0.2) is 4.79 Å². The number of carbonyl (C=O) groups is 6. The van der Waals surface area contributed by atoms with Crippen molar-refractivity contribution in [2.75, 3.05) is 48.8 Å². The van der Waals surface area contributed by atoms with E-state index in [9.17, 15) is 72.8 Å². The quantitative estimate of drug-likeness (QED) is 0.0783. The van der Waals surface area contributed by atoms with Crippen molar-refractivity contribution in [3.05, 3.63) is 87.9 Å². The lowest BCUT2D eigenvalue weighted by molar-refractivity contribution is -0.132. The molecule has 3 aromatic rings. The van der Waals surface area contributed by atoms with Crippen LogP contribution >= 0.6 is 0 Å². The van der Waals surface area contributed by atoms with Crippen LogP contribution in [0.5, 0.6) is 11.5 Å². The minimum atomic E-state index is -5.19. The molecule has 4 bridgehead atoms. The summed E-state index contributed by atoms with van der Waals surface area (Å²) in [6.45, 7) is -0.860. The van der Waals surface area contributed by atoms with Crippen LogP contribution < -0.4 is 47.2 Å². The van der Waals surface area contributed by atoms with E-state index in [1.54, 1.807) is 59.9 Å². The normalized spacial score (nSPS) is 19.8. The highest BCUT2D eigenvalue weighted by Crippen LogP contribution is 2.38. The van der Waals surface area contributed by atoms with E-state index in [1.165, 1.54) is 6.07 Å². The third-order valence-corrected chi connectivity index (χ3v) is 11.5. The van der Waals surface area contributed by atoms with Crippen molar-refractivity contribution in [1.82, 2.24) is 26.6 Å². The minimum absolute atomic E-state index is 0.00264. The molecule has 0 fully saturated rings. The highest BCUT2D eigenvalue weighted by atomic mass is 32.2. The Kier molecular flexibility index (Phi) is 15.4. The summed E-state index contributed by atoms with van der Waals surface area (Å²) < 4.78 is 106. The first-order valence-corrected chi connectivity index (χ1v) is 23.7. The number of ether oxygens (including phenoxy) is 1. The number of carbonyl (C=O) groups excluding carboxylic acids is 5. The maximum atomic E-state index is 13.3. The van der Waals surface area contributed by atoms with Crippen LogP contribution in [0.2, 0.25) is 0 Å². The lowest BCUT2D eigenvalue weighted by atomic mass is 9.89. The number of rotatable bonds is 8. The molecule has 2 aliphatic heterocycles. The van der Waals surface area contributed by atoms with Crippen molar-refractivity contribution >= 4 is 77.1 Å². The number of benzene rings is 3. The van der Waals surface area contributed by atoms with E-state index in [-0.39, 0.29) is 49.7 Å². The Morgan fingerprint density at radius 3 is 1.84 bits per heavy atom. The van der Waals surface area contributed by atoms with Crippen LogP contribution in [0.1, 0.15) is 34.3 Å². The first kappa shape index (κ1) is 48.5. The van der Waals surface area contributed by atoms with Gasteiger partial charge >= 0.3 is 5.97 Å². The van der Waals surface area contributed by atoms with E-state index >= 15 is 0 Å². The lowest BCUT2D eigenvalue weighted by Crippen LogP contribution is -2.60. The molecule has 10 N–H and O–H groups in total. The van der Waals surface area contributed by atoms with Crippen LogP contribution in [-0.4, -0.2) is 141 Å². The number of fused-ring (bicyclic) bond motifs is 2. The number of carboxylic acid groups (broad SMARTS) is 1. The Hall–Kier alpha value is -6.52. The summed E-state index contributed by atoms with van der Waals surface area (Å²) in [5.41, 5.74) is 1.73. The topological polar surface area (TPSA) is 380 Å². The van der Waals surface area contributed by atoms with Gasteiger partial charge in [-0.3, -0.25) is 42.6 Å². The van der Waals surface area contributed by atoms with Gasteiger partial charge in [-0.1, -0.05) is 18.2 Å². The summed E-state index contributed by atoms with van der Waals surface area (Å²) in [6, 6.07) is 9.22. The zero-order valence-electron chi connectivity index (χ0n) is 33.1. The Morgan fingerprint density at radius 1 is 0.625 bits per heavy atom. The summed E-state index contributed by atoms with van der Waals surface area (Å²) >= 11 is 0. The lowest BCUT2D eigenvalue weighted by Gasteiger charge is -2.24. The summed E-state index contributed by atoms with van der Waals surface area (Å²) in [6.07, 6.45) is -0.637. The third-order valence-electron chi connectivity index (χ3n) is 9.24. The number of nitrogens with one attached hydrogen (secondary N) is 6. The van der Waals surface area contributed by atoms with Crippen molar-refractivity contribution in [1.29, 1.82) is 0 Å². The maximum Gasteiger partial charge on any atom is 0.336 e. The van der Waals surface area contributed by atoms with Gasteiger partial charge in [-0.05, 0) is 35.9 Å². The molecule has 27 heteroatoms. The zero-order chi connectivity index (χ0) is 47.0. The molecular formula is C37H41N7O17S3. The largest absolute Gasteiger partial charge is 0.478 e. The molecule has 0 spiro atoms. The second kappa shape index (κ2) is 20.3. The van der Waals surface area contributed by atoms with Gasteiger partial charge in [-0.2, -0.15) is 25.3 Å². The van der Waals surface area contributed by atoms with Crippen molar-refractivity contribution < 1.29 is 77.5 Å². The van der Waals surface area contributed by atoms with Gasteiger partial charge in [-0.15, -0.1) is 0 Å². The molecule has 5 rings (SSSR count). The van der Waals surface area contributed by atoms with Gasteiger partial charge in [0.2, 0.25) is 29.5 Å². The molecule has 3 aromatic carbocycles. The number of hydrogen-bond donors (Lipinski definition) is 10. The van der Waals surface area contributed by atoms with E-state index in [2.05, 4.69) is 20.9 Å². The van der Waals surface area contributed by atoms with Crippen LogP contribution in [0.15, 0.2) is 65.7 Å². The summed E-state index contributed by atoms with van der Waals surface area (Å²) in [7, 11) is -15.3. The number of anilines is 1. The van der Waals surface area contributed by atoms with Crippen LogP contribution in [0.3, 0.4) is 0 Å². The molecular weight excluding hydrogens is 911 g/mol. The van der Waals surface area contributed by atoms with Crippen molar-refractivity contribution in [3.8, 4) is 11.5 Å². The third kappa shape index (κ3) is 14.0. The number of aromatic carboxylic acids is 1. The molecule has 0 saturated carbocycles. The van der Waals surface area contributed by atoms with Crippen molar-refractivity contribution in [2.45, 2.75) is 31.0 Å². The Morgan fingerprint density at radius 2 is 1.22 bits per heavy atom. The molecule has 3 atom stereocenters. The fourth-order valence-electron chi connectivity index (χ4n) is 6.46. The molecule has 5 amide bonds. The van der Waals surface area contributed by atoms with Gasteiger partial charge in [0.1, 0.15) is 46.9 Å². The Balaban J connectivity index is 1.50. The van der Waals surface area contributed by atoms with Crippen LogP contribution in [0.25, 0.3) is 5.57 Å². The molecule has 3 unspecified atom stereocenters. The zero-order valence-corrected chi connectivity index (χ0v) is 35.6. The Bertz CT molecular complexity index is 2840. The maximum absolute atomic E-state index is 13.3. The van der Waals surface area contributed by atoms with Gasteiger partial charge < -0.3 is 41.7 Å². The fourth-order valence-corrected chi connectivity index (χ4v) is 8.43. The molecule has 0 aliphatic carbocycles. The van der Waals surface area contributed by atoms with Crippen molar-refractivity contribution in [2.24, 2.45) is 4.99 Å². The average molecular weight is 952 g/mol. The second-order valence-electron chi connectivity index (χ2n) is 14.2. The van der Waals surface area contributed by atoms with E-state index in [4.69, 9.17) is 4.74 Å². The molecule has 2 aliphatic rings. The first-order chi connectivity index (χ1) is 30.0. The van der Waals surface area contributed by atoms with Crippen LogP contribution in [-0.2, 0) is 54.3 Å². The van der Waals surface area contributed by atoms with Crippen LogP contribution in [0.4, 0.5) is 5.69 Å². The molecule has 24 nitrogen and oxygen atoms in total. The van der Waals surface area contributed by atoms with E-state index in [0.29, 0.717) is 33.0 Å². The Labute approximate surface area is 364 Å². The van der Waals surface area contributed by atoms with Gasteiger partial charge in [0, 0.05) is 73.2 Å². The summed E-state index contributed by atoms with van der Waals surface area (Å²) in [5, 5.41) is 24.3. The monoisotopic (exact) mass is 951 g/mol. The highest BCUT2D eigenvalue weighted by Gasteiger charge is 2.35. The van der Waals surface area contributed by atoms with Gasteiger partial charge in [0.15, 0.2) is 0 Å². The number of carboxylic acids is 1. The summed E-state index contributed by atoms with van der Waals surface area (Å²) in [4.78, 5) is 82.0. The number of hydrogen-bond acceptors (Lipinski definition) is 15. The molecule has 0 aromatic heterocycles. The fraction of sp³-hybridized carbons (Fsp3) is 0.324. The number of amides is 5. The number of nitrogens with zero attached hydrogens (tertiary/aromatic N) is 1. The molecule has 64 heavy (non-hydrogen) atoms. The molecule has 0 saturated heterocycles. The summed E-state index contributed by atoms with van der Waals surface area (Å²) in [5.74, 6) is -11.4. The molecule has 0 radical (unpaired) electrons. The molecule has 2 heterocycles. The minimum Gasteiger partial charge on any atom is -0.478 e. The van der Waals surface area contributed by atoms with E-state index in [1.807, 2.05) is 10.6 Å². The van der Waals surface area contributed by atoms with Crippen molar-refractivity contribution in [3.63, 3.8) is 0 Å². The standard InChI is InChI=1S/C37H41N7O17S3/c45-31-9-11-38-20-5-7-24-29(15-20)61-30-16-21(6-8-25(30)33(24)22-3-1-2-4-23(22)37(50)51)39-12-10-32(46)42-27(18-63(55,56)57)35(48)44-28(19-64(58,59)60)36(49)43-26(17-62(52,53)54)34(47)41-14-13-40-31/h1-8,15-16,26-28,39H,9-14,17-19H2,(H,40,45)(H,41,47)(H,42,46)(H,43,49)(H,44,48)(H,50,51)(H,52,53,54)(H,55,56,57)(H,58,59,60). The van der Waals surface area contributed by atoms with E-state index < -0.39 is 108 Å². The predicted molar refractivity (Wildman–Crippen MR) is 222 cm³/mol. The second-order valence-corrected chi connectivity index (χ2v) is 18.6. The van der Waals surface area contributed by atoms with Gasteiger partial charge in [0.25, 0.3) is 30.4 Å². The highest BCUT2D eigenvalue weighted by molar-refractivity contribution is 7.86. The molecule has 344 valence electrons. The average Bonchev–Trinajstić information content (AvgIpc) is 3.18.